The second kappa shape index (κ2) is 4.61. The van der Waals surface area contributed by atoms with E-state index in [9.17, 15) is 0 Å². The summed E-state index contributed by atoms with van der Waals surface area (Å²) in [5.74, 6) is 0.883. The molecule has 0 amide bonds. The lowest BCUT2D eigenvalue weighted by atomic mass is 10.3. The summed E-state index contributed by atoms with van der Waals surface area (Å²) in [4.78, 5) is 0.280. The Bertz CT molecular complexity index is 410. The van der Waals surface area contributed by atoms with Gasteiger partial charge in [0.05, 0.1) is 23.0 Å². The van der Waals surface area contributed by atoms with E-state index in [-0.39, 0.29) is 4.83 Å². The molecule has 2 aromatic rings. The highest BCUT2D eigenvalue weighted by atomic mass is 79.9. The lowest BCUT2D eigenvalue weighted by Crippen LogP contribution is -1.98. The van der Waals surface area contributed by atoms with Crippen molar-refractivity contribution in [3.8, 4) is 0 Å². The Morgan fingerprint density at radius 3 is 3.13 bits per heavy atom. The molecule has 0 aliphatic heterocycles. The molecule has 0 saturated carbocycles. The van der Waals surface area contributed by atoms with Crippen molar-refractivity contribution >= 4 is 15.9 Å². The molecule has 0 aliphatic carbocycles. The maximum Gasteiger partial charge on any atom is 0.125 e. The molecule has 0 fully saturated rings. The van der Waals surface area contributed by atoms with Crippen LogP contribution in [0.1, 0.15) is 29.6 Å². The van der Waals surface area contributed by atoms with E-state index in [0.29, 0.717) is 6.54 Å². The zero-order chi connectivity index (χ0) is 10.7. The van der Waals surface area contributed by atoms with Gasteiger partial charge in [0.2, 0.25) is 0 Å². The normalized spacial score (nSPS) is 12.9. The molecule has 5 heteroatoms. The quantitative estimate of drug-likeness (QED) is 0.802. The van der Waals surface area contributed by atoms with Gasteiger partial charge in [0, 0.05) is 0 Å². The van der Waals surface area contributed by atoms with Gasteiger partial charge in [-0.1, -0.05) is 28.1 Å². The number of halogens is 1. The topological polar surface area (TPSA) is 43.9 Å². The number of hydrogen-bond acceptors (Lipinski definition) is 3. The van der Waals surface area contributed by atoms with E-state index in [1.165, 1.54) is 0 Å². The molecule has 0 aromatic carbocycles. The third-order valence-corrected chi connectivity index (χ3v) is 3.25. The zero-order valence-corrected chi connectivity index (χ0v) is 10.0. The average Bonchev–Trinajstić information content (AvgIpc) is 2.88. The van der Waals surface area contributed by atoms with Crippen LogP contribution in [-0.2, 0) is 6.54 Å². The van der Waals surface area contributed by atoms with Crippen molar-refractivity contribution in [2.45, 2.75) is 24.7 Å². The minimum atomic E-state index is 0.280. The Morgan fingerprint density at radius 2 is 2.47 bits per heavy atom. The van der Waals surface area contributed by atoms with Crippen LogP contribution in [0.15, 0.2) is 29.0 Å². The largest absolute Gasteiger partial charge is 0.467 e. The maximum atomic E-state index is 5.23. The Balaban J connectivity index is 2.07. The summed E-state index contributed by atoms with van der Waals surface area (Å²) in [7, 11) is 0. The molecule has 15 heavy (non-hydrogen) atoms. The molecule has 0 aliphatic rings. The van der Waals surface area contributed by atoms with Gasteiger partial charge in [-0.3, -0.25) is 0 Å². The number of alkyl halides is 1. The van der Waals surface area contributed by atoms with Crippen molar-refractivity contribution in [1.29, 1.82) is 0 Å². The second-order valence-corrected chi connectivity index (χ2v) is 4.40. The van der Waals surface area contributed by atoms with Crippen LogP contribution in [0, 0.1) is 0 Å². The van der Waals surface area contributed by atoms with Gasteiger partial charge in [0.1, 0.15) is 12.3 Å². The van der Waals surface area contributed by atoms with Crippen molar-refractivity contribution in [3.05, 3.63) is 36.0 Å². The fraction of sp³-hybridized carbons (Fsp3) is 0.400. The molecular formula is C10H12BrN3O. The molecule has 1 unspecified atom stereocenters. The van der Waals surface area contributed by atoms with E-state index >= 15 is 0 Å². The summed E-state index contributed by atoms with van der Waals surface area (Å²) in [6.45, 7) is 2.73. The van der Waals surface area contributed by atoms with E-state index in [1.807, 2.05) is 18.3 Å². The predicted molar refractivity (Wildman–Crippen MR) is 59.8 cm³/mol. The molecular weight excluding hydrogens is 258 g/mol. The van der Waals surface area contributed by atoms with Gasteiger partial charge >= 0.3 is 0 Å². The van der Waals surface area contributed by atoms with Crippen LogP contribution in [0.2, 0.25) is 0 Å². The van der Waals surface area contributed by atoms with E-state index in [0.717, 1.165) is 17.9 Å². The summed E-state index contributed by atoms with van der Waals surface area (Å²) >= 11 is 3.54. The highest BCUT2D eigenvalue weighted by Crippen LogP contribution is 2.23. The molecule has 0 bridgehead atoms. The average molecular weight is 270 g/mol. The SMILES string of the molecule is CCC(Br)c1cn(Cc2ccco2)nn1. The van der Waals surface area contributed by atoms with Crippen molar-refractivity contribution in [1.82, 2.24) is 15.0 Å². The number of furan rings is 1. The van der Waals surface area contributed by atoms with Crippen LogP contribution in [0.4, 0.5) is 0 Å². The Morgan fingerprint density at radius 1 is 1.60 bits per heavy atom. The summed E-state index contributed by atoms with van der Waals surface area (Å²) in [6, 6.07) is 3.79. The molecule has 0 saturated heterocycles. The van der Waals surface area contributed by atoms with E-state index < -0.39 is 0 Å². The first-order valence-electron chi connectivity index (χ1n) is 4.86. The summed E-state index contributed by atoms with van der Waals surface area (Å²) < 4.78 is 7.01. The molecule has 0 radical (unpaired) electrons. The van der Waals surface area contributed by atoms with E-state index in [2.05, 4.69) is 33.2 Å². The van der Waals surface area contributed by atoms with Gasteiger partial charge in [-0.25, -0.2) is 4.68 Å². The van der Waals surface area contributed by atoms with Gasteiger partial charge < -0.3 is 4.42 Å². The van der Waals surface area contributed by atoms with Gasteiger partial charge in [0.25, 0.3) is 0 Å². The lowest BCUT2D eigenvalue weighted by molar-refractivity contribution is 0.475. The molecule has 0 N–H and O–H groups in total. The van der Waals surface area contributed by atoms with Crippen molar-refractivity contribution < 1.29 is 4.42 Å². The molecule has 2 heterocycles. The lowest BCUT2D eigenvalue weighted by Gasteiger charge is -1.99. The number of hydrogen-bond donors (Lipinski definition) is 0. The van der Waals surface area contributed by atoms with Gasteiger partial charge in [-0.05, 0) is 18.6 Å². The first-order chi connectivity index (χ1) is 7.29. The van der Waals surface area contributed by atoms with E-state index in [1.54, 1.807) is 10.9 Å². The Hall–Kier alpha value is -1.10. The Labute approximate surface area is 96.4 Å². The molecule has 1 atom stereocenters. The molecule has 2 rings (SSSR count). The van der Waals surface area contributed by atoms with Crippen LogP contribution < -0.4 is 0 Å². The van der Waals surface area contributed by atoms with Crippen LogP contribution in [0.5, 0.6) is 0 Å². The predicted octanol–water partition coefficient (Wildman–Crippen LogP) is 2.77. The highest BCUT2D eigenvalue weighted by Gasteiger charge is 2.09. The second-order valence-electron chi connectivity index (χ2n) is 3.30. The highest BCUT2D eigenvalue weighted by molar-refractivity contribution is 9.09. The fourth-order valence-corrected chi connectivity index (χ4v) is 1.52. The van der Waals surface area contributed by atoms with Gasteiger partial charge in [0.15, 0.2) is 0 Å². The number of aromatic nitrogens is 3. The van der Waals surface area contributed by atoms with E-state index in [4.69, 9.17) is 4.42 Å². The first-order valence-corrected chi connectivity index (χ1v) is 5.77. The maximum absolute atomic E-state index is 5.23. The zero-order valence-electron chi connectivity index (χ0n) is 8.43. The van der Waals surface area contributed by atoms with Crippen LogP contribution in [0.25, 0.3) is 0 Å². The third-order valence-electron chi connectivity index (χ3n) is 2.13. The monoisotopic (exact) mass is 269 g/mol. The van der Waals surface area contributed by atoms with Crippen molar-refractivity contribution in [2.24, 2.45) is 0 Å². The van der Waals surface area contributed by atoms with Crippen LogP contribution in [-0.4, -0.2) is 15.0 Å². The third kappa shape index (κ3) is 2.47. The summed E-state index contributed by atoms with van der Waals surface area (Å²) in [5.41, 5.74) is 0.962. The standard InChI is InChI=1S/C10H12BrN3O/c1-2-9(11)10-7-14(13-12-10)6-8-4-3-5-15-8/h3-5,7,9H,2,6H2,1H3. The minimum absolute atomic E-state index is 0.280. The van der Waals surface area contributed by atoms with Crippen molar-refractivity contribution in [3.63, 3.8) is 0 Å². The van der Waals surface area contributed by atoms with Gasteiger partial charge in [-0.15, -0.1) is 5.10 Å². The number of nitrogens with zero attached hydrogens (tertiary/aromatic N) is 3. The summed E-state index contributed by atoms with van der Waals surface area (Å²) in [5, 5.41) is 8.13. The van der Waals surface area contributed by atoms with Gasteiger partial charge in [-0.2, -0.15) is 0 Å². The fourth-order valence-electron chi connectivity index (χ4n) is 1.31. The first kappa shape index (κ1) is 10.4. The molecule has 4 nitrogen and oxygen atoms in total. The minimum Gasteiger partial charge on any atom is -0.467 e. The van der Waals surface area contributed by atoms with Crippen molar-refractivity contribution in [2.75, 3.05) is 0 Å². The van der Waals surface area contributed by atoms with Crippen LogP contribution in [0.3, 0.4) is 0 Å². The molecule has 2 aromatic heterocycles. The smallest absolute Gasteiger partial charge is 0.125 e. The Kier molecular flexibility index (Phi) is 3.20. The number of rotatable bonds is 4. The van der Waals surface area contributed by atoms with Crippen LogP contribution >= 0.6 is 15.9 Å². The molecule has 0 spiro atoms. The summed E-state index contributed by atoms with van der Waals surface area (Å²) in [6.07, 6.45) is 4.59. The molecule has 80 valence electrons.